The van der Waals surface area contributed by atoms with Crippen LogP contribution in [0, 0.1) is 6.92 Å². The van der Waals surface area contributed by atoms with E-state index in [4.69, 9.17) is 11.6 Å². The lowest BCUT2D eigenvalue weighted by Gasteiger charge is -2.11. The standard InChI is InChI=1S/C13H12ClNO2S/c1-8-15-11(7-18-8)6-12(13(16)17)9-3-2-4-10(14)5-9/h2-5,7,12H,6H2,1H3,(H,16,17). The molecule has 0 aliphatic rings. The Hall–Kier alpha value is -1.39. The van der Waals surface area contributed by atoms with E-state index in [1.54, 1.807) is 24.3 Å². The molecule has 1 atom stereocenters. The number of carbonyl (C=O) groups is 1. The number of halogens is 1. The topological polar surface area (TPSA) is 50.2 Å². The third-order valence-corrected chi connectivity index (χ3v) is 3.69. The Bertz CT molecular complexity index is 568. The Labute approximate surface area is 114 Å². The third-order valence-electron chi connectivity index (χ3n) is 2.63. The number of nitrogens with zero attached hydrogens (tertiary/aromatic N) is 1. The first-order valence-electron chi connectivity index (χ1n) is 5.45. The molecule has 1 N–H and O–H groups in total. The van der Waals surface area contributed by atoms with Crippen LogP contribution in [0.1, 0.15) is 22.2 Å². The molecule has 0 fully saturated rings. The maximum Gasteiger partial charge on any atom is 0.311 e. The van der Waals surface area contributed by atoms with Crippen molar-refractivity contribution in [2.75, 3.05) is 0 Å². The molecule has 2 aromatic rings. The van der Waals surface area contributed by atoms with Gasteiger partial charge in [-0.15, -0.1) is 11.3 Å². The molecule has 2 rings (SSSR count). The van der Waals surface area contributed by atoms with Crippen LogP contribution in [0.15, 0.2) is 29.6 Å². The number of rotatable bonds is 4. The average Bonchev–Trinajstić information content (AvgIpc) is 2.71. The molecule has 1 aromatic heterocycles. The Morgan fingerprint density at radius 1 is 1.56 bits per heavy atom. The smallest absolute Gasteiger partial charge is 0.311 e. The molecule has 1 heterocycles. The highest BCUT2D eigenvalue weighted by atomic mass is 35.5. The Morgan fingerprint density at radius 2 is 2.33 bits per heavy atom. The van der Waals surface area contributed by atoms with Crippen LogP contribution in [-0.2, 0) is 11.2 Å². The predicted octanol–water partition coefficient (Wildman–Crippen LogP) is 3.52. The lowest BCUT2D eigenvalue weighted by atomic mass is 9.95. The maximum absolute atomic E-state index is 11.4. The van der Waals surface area contributed by atoms with Crippen molar-refractivity contribution in [2.45, 2.75) is 19.3 Å². The summed E-state index contributed by atoms with van der Waals surface area (Å²) in [5, 5.41) is 12.7. The molecule has 0 radical (unpaired) electrons. The van der Waals surface area contributed by atoms with Gasteiger partial charge in [0.05, 0.1) is 16.6 Å². The van der Waals surface area contributed by atoms with Crippen molar-refractivity contribution in [3.63, 3.8) is 0 Å². The van der Waals surface area contributed by atoms with Crippen molar-refractivity contribution in [1.29, 1.82) is 0 Å². The fourth-order valence-corrected chi connectivity index (χ4v) is 2.61. The molecule has 0 saturated heterocycles. The average molecular weight is 282 g/mol. The van der Waals surface area contributed by atoms with Gasteiger partial charge in [0, 0.05) is 16.8 Å². The van der Waals surface area contributed by atoms with E-state index in [0.717, 1.165) is 10.7 Å². The Morgan fingerprint density at radius 3 is 2.89 bits per heavy atom. The molecule has 0 aliphatic heterocycles. The van der Waals surface area contributed by atoms with E-state index in [0.29, 0.717) is 17.0 Å². The Kier molecular flexibility index (Phi) is 3.99. The fraction of sp³-hybridized carbons (Fsp3) is 0.231. The fourth-order valence-electron chi connectivity index (χ4n) is 1.78. The van der Waals surface area contributed by atoms with Crippen LogP contribution >= 0.6 is 22.9 Å². The van der Waals surface area contributed by atoms with Crippen molar-refractivity contribution in [2.24, 2.45) is 0 Å². The highest BCUT2D eigenvalue weighted by Gasteiger charge is 2.21. The first-order chi connectivity index (χ1) is 8.56. The quantitative estimate of drug-likeness (QED) is 0.933. The molecule has 18 heavy (non-hydrogen) atoms. The number of hydrogen-bond acceptors (Lipinski definition) is 3. The number of aromatic nitrogens is 1. The second-order valence-corrected chi connectivity index (χ2v) is 5.51. The van der Waals surface area contributed by atoms with Crippen LogP contribution in [0.2, 0.25) is 5.02 Å². The summed E-state index contributed by atoms with van der Waals surface area (Å²) in [6, 6.07) is 6.97. The molecule has 5 heteroatoms. The monoisotopic (exact) mass is 281 g/mol. The molecule has 0 spiro atoms. The number of aryl methyl sites for hydroxylation is 1. The van der Waals surface area contributed by atoms with Gasteiger partial charge in [-0.1, -0.05) is 23.7 Å². The molecule has 3 nitrogen and oxygen atoms in total. The van der Waals surface area contributed by atoms with Crippen molar-refractivity contribution in [3.05, 3.63) is 50.9 Å². The van der Waals surface area contributed by atoms with E-state index >= 15 is 0 Å². The maximum atomic E-state index is 11.4. The summed E-state index contributed by atoms with van der Waals surface area (Å²) in [5.41, 5.74) is 1.52. The van der Waals surface area contributed by atoms with E-state index in [-0.39, 0.29) is 0 Å². The van der Waals surface area contributed by atoms with Gasteiger partial charge in [0.25, 0.3) is 0 Å². The molecule has 1 unspecified atom stereocenters. The summed E-state index contributed by atoms with van der Waals surface area (Å²) < 4.78 is 0. The van der Waals surface area contributed by atoms with Gasteiger partial charge in [0.2, 0.25) is 0 Å². The second-order valence-electron chi connectivity index (χ2n) is 4.01. The first-order valence-corrected chi connectivity index (χ1v) is 6.71. The molecular formula is C13H12ClNO2S. The van der Waals surface area contributed by atoms with Crippen LogP contribution in [-0.4, -0.2) is 16.1 Å². The summed E-state index contributed by atoms with van der Waals surface area (Å²) in [6.07, 6.45) is 0.389. The second kappa shape index (κ2) is 5.50. The number of carboxylic acids is 1. The predicted molar refractivity (Wildman–Crippen MR) is 72.4 cm³/mol. The summed E-state index contributed by atoms with van der Waals surface area (Å²) in [7, 11) is 0. The van der Waals surface area contributed by atoms with Gasteiger partial charge in [0.1, 0.15) is 0 Å². The van der Waals surface area contributed by atoms with Gasteiger partial charge >= 0.3 is 5.97 Å². The molecule has 0 saturated carbocycles. The SMILES string of the molecule is Cc1nc(CC(C(=O)O)c2cccc(Cl)c2)cs1. The van der Waals surface area contributed by atoms with Crippen molar-refractivity contribution in [3.8, 4) is 0 Å². The highest BCUT2D eigenvalue weighted by molar-refractivity contribution is 7.09. The van der Waals surface area contributed by atoms with Crippen molar-refractivity contribution >= 4 is 28.9 Å². The van der Waals surface area contributed by atoms with E-state index in [1.807, 2.05) is 12.3 Å². The van der Waals surface area contributed by atoms with Gasteiger partial charge in [-0.2, -0.15) is 0 Å². The van der Waals surface area contributed by atoms with E-state index in [2.05, 4.69) is 4.98 Å². The number of hydrogen-bond donors (Lipinski definition) is 1. The minimum Gasteiger partial charge on any atom is -0.481 e. The van der Waals surface area contributed by atoms with E-state index < -0.39 is 11.9 Å². The normalized spacial score (nSPS) is 12.3. The summed E-state index contributed by atoms with van der Waals surface area (Å²) >= 11 is 7.42. The van der Waals surface area contributed by atoms with E-state index in [1.165, 1.54) is 11.3 Å². The molecule has 0 bridgehead atoms. The lowest BCUT2D eigenvalue weighted by Crippen LogP contribution is -2.14. The molecule has 1 aromatic carbocycles. The zero-order chi connectivity index (χ0) is 13.1. The number of benzene rings is 1. The summed E-state index contributed by atoms with van der Waals surface area (Å²) in [4.78, 5) is 15.7. The van der Waals surface area contributed by atoms with Gasteiger partial charge in [-0.05, 0) is 24.6 Å². The first kappa shape index (κ1) is 13.1. The van der Waals surface area contributed by atoms with Crippen LogP contribution in [0.25, 0.3) is 0 Å². The molecule has 0 amide bonds. The molecule has 0 aliphatic carbocycles. The summed E-state index contributed by atoms with van der Waals surface area (Å²) in [5.74, 6) is -1.46. The van der Waals surface area contributed by atoms with Crippen LogP contribution in [0.4, 0.5) is 0 Å². The number of carboxylic acid groups (broad SMARTS) is 1. The zero-order valence-electron chi connectivity index (χ0n) is 9.76. The number of aliphatic carboxylic acids is 1. The van der Waals surface area contributed by atoms with Crippen molar-refractivity contribution < 1.29 is 9.90 Å². The largest absolute Gasteiger partial charge is 0.481 e. The lowest BCUT2D eigenvalue weighted by molar-refractivity contribution is -0.138. The minimum atomic E-state index is -0.858. The molecule has 94 valence electrons. The summed E-state index contributed by atoms with van der Waals surface area (Å²) in [6.45, 7) is 1.91. The number of thiazole rings is 1. The van der Waals surface area contributed by atoms with Crippen molar-refractivity contribution in [1.82, 2.24) is 4.98 Å². The third kappa shape index (κ3) is 3.09. The van der Waals surface area contributed by atoms with Crippen LogP contribution < -0.4 is 0 Å². The molecular weight excluding hydrogens is 270 g/mol. The van der Waals surface area contributed by atoms with Crippen LogP contribution in [0.3, 0.4) is 0 Å². The van der Waals surface area contributed by atoms with E-state index in [9.17, 15) is 9.90 Å². The zero-order valence-corrected chi connectivity index (χ0v) is 11.3. The minimum absolute atomic E-state index is 0.389. The van der Waals surface area contributed by atoms with Gasteiger partial charge in [-0.3, -0.25) is 4.79 Å². The Balaban J connectivity index is 2.26. The van der Waals surface area contributed by atoms with Gasteiger partial charge in [-0.25, -0.2) is 4.98 Å². The van der Waals surface area contributed by atoms with Crippen LogP contribution in [0.5, 0.6) is 0 Å². The van der Waals surface area contributed by atoms with Gasteiger partial charge in [0.15, 0.2) is 0 Å². The highest BCUT2D eigenvalue weighted by Crippen LogP contribution is 2.24. The van der Waals surface area contributed by atoms with Gasteiger partial charge < -0.3 is 5.11 Å².